The van der Waals surface area contributed by atoms with Gasteiger partial charge in [-0.3, -0.25) is 0 Å². The van der Waals surface area contributed by atoms with Crippen molar-refractivity contribution < 1.29 is 9.47 Å². The summed E-state index contributed by atoms with van der Waals surface area (Å²) in [6.07, 6.45) is 0. The second-order valence-corrected chi connectivity index (χ2v) is 10.0. The van der Waals surface area contributed by atoms with Crippen LogP contribution in [0.15, 0.2) is 42.2 Å². The van der Waals surface area contributed by atoms with Gasteiger partial charge in [-0.2, -0.15) is 0 Å². The maximum Gasteiger partial charge on any atom is 0.148 e. The molecular weight excluding hydrogens is 716 g/mol. The first-order chi connectivity index (χ1) is 11.7. The average molecular weight is 730 g/mol. The number of hydrogen-bond donors (Lipinski definition) is 0. The van der Waals surface area contributed by atoms with E-state index in [-0.39, 0.29) is 5.41 Å². The van der Waals surface area contributed by atoms with E-state index in [0.717, 1.165) is 40.5 Å². The fraction of sp³-hybridized carbons (Fsp3) is 0.294. The summed E-state index contributed by atoms with van der Waals surface area (Å²) in [5.74, 6) is 1.56. The molecule has 8 heteroatoms. The van der Waals surface area contributed by atoms with Crippen LogP contribution in [0.5, 0.6) is 11.5 Å². The molecule has 136 valence electrons. The van der Waals surface area contributed by atoms with Gasteiger partial charge in [0.1, 0.15) is 22.5 Å². The predicted octanol–water partition coefficient (Wildman–Crippen LogP) is 8.52. The van der Waals surface area contributed by atoms with E-state index in [2.05, 4.69) is 134 Å². The van der Waals surface area contributed by atoms with E-state index in [1.54, 1.807) is 0 Å². The summed E-state index contributed by atoms with van der Waals surface area (Å²) in [6, 6.07) is 8.36. The molecule has 2 rings (SSSR count). The van der Waals surface area contributed by atoms with Gasteiger partial charge in [0.15, 0.2) is 0 Å². The summed E-state index contributed by atoms with van der Waals surface area (Å²) >= 11 is 21.0. The highest BCUT2D eigenvalue weighted by Gasteiger charge is 2.27. The van der Waals surface area contributed by atoms with Crippen molar-refractivity contribution in [3.8, 4) is 11.5 Å². The Balaban J connectivity index is 2.52. The van der Waals surface area contributed by atoms with E-state index in [0.29, 0.717) is 11.0 Å². The van der Waals surface area contributed by atoms with E-state index in [1.807, 2.05) is 0 Å². The molecule has 2 nitrogen and oxygen atoms in total. The molecule has 2 aromatic rings. The third kappa shape index (κ3) is 5.05. The molecule has 0 unspecified atom stereocenters. The van der Waals surface area contributed by atoms with Gasteiger partial charge < -0.3 is 9.47 Å². The molecule has 25 heavy (non-hydrogen) atoms. The molecule has 0 aromatic heterocycles. The average Bonchev–Trinajstić information content (AvgIpc) is 2.53. The topological polar surface area (TPSA) is 18.5 Å². The zero-order valence-corrected chi connectivity index (χ0v) is 22.8. The molecule has 0 bridgehead atoms. The van der Waals surface area contributed by atoms with E-state index in [9.17, 15) is 0 Å². The Hall–Kier alpha value is 0.920. The normalized spacial score (nSPS) is 11.5. The molecule has 0 saturated heterocycles. The van der Waals surface area contributed by atoms with Gasteiger partial charge in [0.25, 0.3) is 0 Å². The third-order valence-corrected chi connectivity index (χ3v) is 6.65. The van der Waals surface area contributed by atoms with Gasteiger partial charge in [0.05, 0.1) is 17.9 Å². The first-order valence-corrected chi connectivity index (χ1v) is 12.5. The van der Waals surface area contributed by atoms with E-state index in [4.69, 9.17) is 9.47 Å². The summed E-state index contributed by atoms with van der Waals surface area (Å²) in [7, 11) is 0. The van der Waals surface area contributed by atoms with Crippen LogP contribution in [-0.4, -0.2) is 11.0 Å². The van der Waals surface area contributed by atoms with Crippen molar-refractivity contribution in [3.63, 3.8) is 0 Å². The first-order valence-electron chi connectivity index (χ1n) is 7.09. The summed E-state index contributed by atoms with van der Waals surface area (Å²) in [6.45, 7) is 4.37. The van der Waals surface area contributed by atoms with Crippen LogP contribution in [0.3, 0.4) is 0 Å². The first kappa shape index (κ1) is 22.2. The summed E-state index contributed by atoms with van der Waals surface area (Å²) < 4.78 is 14.8. The molecule has 0 saturated carbocycles. The minimum atomic E-state index is -0.226. The van der Waals surface area contributed by atoms with Crippen LogP contribution in [0.25, 0.3) is 0 Å². The number of rotatable bonds is 6. The number of ether oxygens (including phenoxy) is 2. The van der Waals surface area contributed by atoms with Crippen molar-refractivity contribution in [3.05, 3.63) is 53.3 Å². The number of hydrogen-bond acceptors (Lipinski definition) is 2. The van der Waals surface area contributed by atoms with Crippen LogP contribution in [0.4, 0.5) is 0 Å². The second kappa shape index (κ2) is 9.41. The van der Waals surface area contributed by atoms with Crippen molar-refractivity contribution >= 4 is 95.6 Å². The molecule has 0 spiro atoms. The quantitative estimate of drug-likeness (QED) is 0.278. The van der Waals surface area contributed by atoms with E-state index in [1.165, 1.54) is 0 Å². The Kier molecular flexibility index (Phi) is 8.36. The van der Waals surface area contributed by atoms with Crippen LogP contribution in [0.2, 0.25) is 0 Å². The standard InChI is InChI=1S/C17H14Br6O2/c1-17(2,9-3-11(20)15(24-7-18)12(21)4-9)10-5-13(22)16(25-8-19)14(23)6-10/h3-6H,7-8H2,1-2H3. The fourth-order valence-corrected chi connectivity index (χ4v) is 5.68. The SMILES string of the molecule is CC(C)(c1cc(Br)c(OCBr)c(Br)c1)c1cc(Br)c(OCBr)c(Br)c1. The molecule has 0 amide bonds. The highest BCUT2D eigenvalue weighted by Crippen LogP contribution is 2.44. The summed E-state index contributed by atoms with van der Waals surface area (Å²) in [4.78, 5) is 0. The Morgan fingerprint density at radius 2 is 0.960 bits per heavy atom. The van der Waals surface area contributed by atoms with Crippen LogP contribution in [0, 0.1) is 0 Å². The summed E-state index contributed by atoms with van der Waals surface area (Å²) in [5, 5.41) is 0. The largest absolute Gasteiger partial charge is 0.480 e. The predicted molar refractivity (Wildman–Crippen MR) is 125 cm³/mol. The minimum Gasteiger partial charge on any atom is -0.480 e. The highest BCUT2D eigenvalue weighted by molar-refractivity contribution is 9.11. The molecule has 0 radical (unpaired) electrons. The van der Waals surface area contributed by atoms with Crippen LogP contribution < -0.4 is 9.47 Å². The minimum absolute atomic E-state index is 0.226. The van der Waals surface area contributed by atoms with Gasteiger partial charge in [-0.05, 0) is 131 Å². The molecule has 0 aliphatic rings. The lowest BCUT2D eigenvalue weighted by Crippen LogP contribution is -2.19. The van der Waals surface area contributed by atoms with Gasteiger partial charge in [-0.1, -0.05) is 13.8 Å². The Morgan fingerprint density at radius 3 is 1.20 bits per heavy atom. The zero-order chi connectivity index (χ0) is 18.8. The lowest BCUT2D eigenvalue weighted by Gasteiger charge is -2.28. The molecule has 0 heterocycles. The maximum atomic E-state index is 5.61. The molecule has 2 aromatic carbocycles. The van der Waals surface area contributed by atoms with Crippen molar-refractivity contribution in [1.29, 1.82) is 0 Å². The zero-order valence-electron chi connectivity index (χ0n) is 13.3. The van der Waals surface area contributed by atoms with Gasteiger partial charge in [-0.25, -0.2) is 0 Å². The van der Waals surface area contributed by atoms with Crippen LogP contribution in [-0.2, 0) is 5.41 Å². The molecule has 0 fully saturated rings. The van der Waals surface area contributed by atoms with Crippen molar-refractivity contribution in [2.24, 2.45) is 0 Å². The summed E-state index contributed by atoms with van der Waals surface area (Å²) in [5.41, 5.74) is 2.95. The van der Waals surface area contributed by atoms with Crippen molar-refractivity contribution in [2.45, 2.75) is 19.3 Å². The Labute approximate surface area is 198 Å². The highest BCUT2D eigenvalue weighted by atomic mass is 79.9. The Morgan fingerprint density at radius 1 is 0.680 bits per heavy atom. The lowest BCUT2D eigenvalue weighted by atomic mass is 9.78. The maximum absolute atomic E-state index is 5.61. The van der Waals surface area contributed by atoms with Gasteiger partial charge in [0, 0.05) is 5.41 Å². The molecule has 0 aliphatic heterocycles. The molecule has 0 aliphatic carbocycles. The lowest BCUT2D eigenvalue weighted by molar-refractivity contribution is 0.392. The number of halogens is 6. The van der Waals surface area contributed by atoms with Gasteiger partial charge >= 0.3 is 0 Å². The van der Waals surface area contributed by atoms with Gasteiger partial charge in [0.2, 0.25) is 0 Å². The third-order valence-electron chi connectivity index (χ3n) is 3.84. The van der Waals surface area contributed by atoms with E-state index < -0.39 is 0 Å². The molecule has 0 atom stereocenters. The smallest absolute Gasteiger partial charge is 0.148 e. The number of alkyl halides is 2. The molecule has 0 N–H and O–H groups in total. The van der Waals surface area contributed by atoms with Crippen molar-refractivity contribution in [2.75, 3.05) is 11.0 Å². The second-order valence-electron chi connectivity index (χ2n) is 5.67. The number of benzene rings is 2. The van der Waals surface area contributed by atoms with Crippen molar-refractivity contribution in [1.82, 2.24) is 0 Å². The fourth-order valence-electron chi connectivity index (χ4n) is 2.39. The van der Waals surface area contributed by atoms with E-state index >= 15 is 0 Å². The van der Waals surface area contributed by atoms with Gasteiger partial charge in [-0.15, -0.1) is 0 Å². The van der Waals surface area contributed by atoms with Crippen LogP contribution in [0.1, 0.15) is 25.0 Å². The Bertz CT molecular complexity index is 666. The molecular formula is C17H14Br6O2. The van der Waals surface area contributed by atoms with Crippen LogP contribution >= 0.6 is 95.6 Å². The monoisotopic (exact) mass is 724 g/mol.